The van der Waals surface area contributed by atoms with Crippen molar-refractivity contribution in [2.24, 2.45) is 7.05 Å². The van der Waals surface area contributed by atoms with Gasteiger partial charge in [-0.05, 0) is 13.1 Å². The van der Waals surface area contributed by atoms with Crippen LogP contribution in [0, 0.1) is 0 Å². The van der Waals surface area contributed by atoms with Gasteiger partial charge in [0.2, 0.25) is 5.88 Å². The molecule has 1 aliphatic rings. The fourth-order valence-corrected chi connectivity index (χ4v) is 2.91. The summed E-state index contributed by atoms with van der Waals surface area (Å²) in [4.78, 5) is 4.69. The molecule has 3 aromatic rings. The van der Waals surface area contributed by atoms with Gasteiger partial charge in [-0.3, -0.25) is 4.68 Å². The monoisotopic (exact) mass is 364 g/mol. The van der Waals surface area contributed by atoms with Gasteiger partial charge in [0.1, 0.15) is 11.6 Å². The first kappa shape index (κ1) is 17.7. The van der Waals surface area contributed by atoms with Crippen LogP contribution in [0.4, 0.5) is 0 Å². The first-order valence-electron chi connectivity index (χ1n) is 7.98. The molecule has 25 heavy (non-hydrogen) atoms. The number of nitrogens with zero attached hydrogens (tertiary/aromatic N) is 5. The first-order valence-corrected chi connectivity index (χ1v) is 7.98. The van der Waals surface area contributed by atoms with Crippen molar-refractivity contribution in [3.63, 3.8) is 0 Å². The highest BCUT2D eigenvalue weighted by Gasteiger charge is 2.24. The van der Waals surface area contributed by atoms with Gasteiger partial charge in [0.15, 0.2) is 0 Å². The van der Waals surface area contributed by atoms with Gasteiger partial charge in [0.05, 0.1) is 37.5 Å². The molecule has 0 unspecified atom stereocenters. The van der Waals surface area contributed by atoms with Gasteiger partial charge in [-0.25, -0.2) is 9.50 Å². The van der Waals surface area contributed by atoms with Crippen LogP contribution in [0.3, 0.4) is 0 Å². The predicted octanol–water partition coefficient (Wildman–Crippen LogP) is 1.31. The van der Waals surface area contributed by atoms with Crippen molar-refractivity contribution in [1.29, 1.82) is 0 Å². The van der Waals surface area contributed by atoms with Crippen LogP contribution in [0.2, 0.25) is 0 Å². The van der Waals surface area contributed by atoms with Crippen molar-refractivity contribution >= 4 is 17.9 Å². The van der Waals surface area contributed by atoms with E-state index in [0.29, 0.717) is 25.1 Å². The van der Waals surface area contributed by atoms with Gasteiger partial charge in [0.25, 0.3) is 0 Å². The summed E-state index contributed by atoms with van der Waals surface area (Å²) in [5.74, 6) is 0.569. The fourth-order valence-electron chi connectivity index (χ4n) is 2.91. The lowest BCUT2D eigenvalue weighted by molar-refractivity contribution is -0.0108. The van der Waals surface area contributed by atoms with E-state index in [1.807, 2.05) is 32.6 Å². The van der Waals surface area contributed by atoms with Crippen molar-refractivity contribution in [2.75, 3.05) is 20.3 Å². The van der Waals surface area contributed by atoms with Gasteiger partial charge in [0, 0.05) is 31.3 Å². The second-order valence-corrected chi connectivity index (χ2v) is 5.99. The zero-order chi connectivity index (χ0) is 16.5. The fraction of sp³-hybridized carbons (Fsp3) is 0.438. The largest absolute Gasteiger partial charge is 0.470 e. The smallest absolute Gasteiger partial charge is 0.241 e. The molecule has 4 heterocycles. The van der Waals surface area contributed by atoms with E-state index in [1.54, 1.807) is 21.6 Å². The number of likely N-dealkylation sites (N-methyl/N-ethyl adjacent to an activating group) is 1. The highest BCUT2D eigenvalue weighted by Crippen LogP contribution is 2.25. The molecule has 0 spiro atoms. The molecule has 0 aliphatic carbocycles. The van der Waals surface area contributed by atoms with E-state index in [1.165, 1.54) is 0 Å². The lowest BCUT2D eigenvalue weighted by Crippen LogP contribution is -2.43. The Bertz CT molecular complexity index is 848. The van der Waals surface area contributed by atoms with Gasteiger partial charge < -0.3 is 14.8 Å². The van der Waals surface area contributed by atoms with Crippen molar-refractivity contribution in [3.8, 4) is 17.1 Å². The summed E-state index contributed by atoms with van der Waals surface area (Å²) in [7, 11) is 3.82. The van der Waals surface area contributed by atoms with Crippen molar-refractivity contribution < 1.29 is 9.47 Å². The average molecular weight is 365 g/mol. The quantitative estimate of drug-likeness (QED) is 0.752. The third-order valence-electron chi connectivity index (χ3n) is 4.21. The minimum atomic E-state index is -0.0356. The molecule has 1 fully saturated rings. The molecule has 0 bridgehead atoms. The maximum atomic E-state index is 6.16. The van der Waals surface area contributed by atoms with Crippen LogP contribution in [0.1, 0.15) is 6.42 Å². The lowest BCUT2D eigenvalue weighted by Gasteiger charge is -2.29. The number of hydrogen-bond acceptors (Lipinski definition) is 6. The Labute approximate surface area is 151 Å². The molecular formula is C16H21ClN6O2. The molecular weight excluding hydrogens is 344 g/mol. The number of fused-ring (bicyclic) bond motifs is 1. The minimum absolute atomic E-state index is 0. The maximum absolute atomic E-state index is 6.16. The second kappa shape index (κ2) is 7.38. The Morgan fingerprint density at radius 3 is 2.92 bits per heavy atom. The molecule has 1 N–H and O–H groups in total. The van der Waals surface area contributed by atoms with Crippen molar-refractivity contribution in [3.05, 3.63) is 30.9 Å². The highest BCUT2D eigenvalue weighted by molar-refractivity contribution is 5.85. The second-order valence-electron chi connectivity index (χ2n) is 5.99. The minimum Gasteiger partial charge on any atom is -0.470 e. The van der Waals surface area contributed by atoms with Gasteiger partial charge in [-0.15, -0.1) is 12.4 Å². The molecule has 0 saturated carbocycles. The molecule has 1 aliphatic heterocycles. The normalized spacial score (nSPS) is 20.4. The van der Waals surface area contributed by atoms with Crippen LogP contribution >= 0.6 is 12.4 Å². The third kappa shape index (κ3) is 3.60. The van der Waals surface area contributed by atoms with E-state index in [4.69, 9.17) is 9.47 Å². The summed E-state index contributed by atoms with van der Waals surface area (Å²) >= 11 is 0. The molecule has 2 atom stereocenters. The van der Waals surface area contributed by atoms with Crippen LogP contribution in [0.25, 0.3) is 16.8 Å². The van der Waals surface area contributed by atoms with Crippen molar-refractivity contribution in [2.45, 2.75) is 18.6 Å². The molecule has 9 heteroatoms. The van der Waals surface area contributed by atoms with E-state index >= 15 is 0 Å². The highest BCUT2D eigenvalue weighted by atomic mass is 35.5. The Kier molecular flexibility index (Phi) is 5.22. The van der Waals surface area contributed by atoms with Crippen LogP contribution < -0.4 is 10.1 Å². The molecule has 134 valence electrons. The van der Waals surface area contributed by atoms with E-state index in [-0.39, 0.29) is 18.5 Å². The van der Waals surface area contributed by atoms with Crippen LogP contribution in [0.5, 0.6) is 5.88 Å². The standard InChI is InChI=1S/C16H20N6O2.ClH/c1-17-12-5-13(10-23-9-12)24-16-15-3-4-18-22(15)8-14(20-16)11-6-19-21(2)7-11;/h3-4,6-8,12-13,17H,5,9-10H2,1-2H3;1H/t12-,13-;/m1./s1. The molecule has 4 rings (SSSR count). The topological polar surface area (TPSA) is 78.5 Å². The zero-order valence-electron chi connectivity index (χ0n) is 14.1. The molecule has 0 aromatic carbocycles. The molecule has 0 radical (unpaired) electrons. The number of aromatic nitrogens is 5. The van der Waals surface area contributed by atoms with Crippen LogP contribution in [-0.2, 0) is 11.8 Å². The van der Waals surface area contributed by atoms with Gasteiger partial charge in [-0.1, -0.05) is 0 Å². The SMILES string of the molecule is CN[C@H]1COC[C@H](Oc2nc(-c3cnn(C)c3)cn3nccc23)C1.Cl. The predicted molar refractivity (Wildman–Crippen MR) is 95.1 cm³/mol. The first-order chi connectivity index (χ1) is 11.7. The Morgan fingerprint density at radius 1 is 1.28 bits per heavy atom. The Balaban J connectivity index is 0.00000182. The number of aryl methyl sites for hydroxylation is 1. The number of rotatable bonds is 4. The number of hydrogen-bond donors (Lipinski definition) is 1. The summed E-state index contributed by atoms with van der Waals surface area (Å²) in [6.45, 7) is 1.28. The summed E-state index contributed by atoms with van der Waals surface area (Å²) < 4.78 is 15.3. The molecule has 3 aromatic heterocycles. The molecule has 8 nitrogen and oxygen atoms in total. The lowest BCUT2D eigenvalue weighted by atomic mass is 10.1. The molecule has 0 amide bonds. The van der Waals surface area contributed by atoms with Crippen molar-refractivity contribution in [1.82, 2.24) is 29.7 Å². The maximum Gasteiger partial charge on any atom is 0.241 e. The van der Waals surface area contributed by atoms with E-state index in [0.717, 1.165) is 23.2 Å². The average Bonchev–Trinajstić information content (AvgIpc) is 3.23. The summed E-state index contributed by atoms with van der Waals surface area (Å²) in [6.07, 6.45) is 8.17. The van der Waals surface area contributed by atoms with Gasteiger partial charge >= 0.3 is 0 Å². The van der Waals surface area contributed by atoms with E-state index < -0.39 is 0 Å². The Morgan fingerprint density at radius 2 is 2.16 bits per heavy atom. The Hall–Kier alpha value is -2.16. The van der Waals surface area contributed by atoms with E-state index in [2.05, 4.69) is 20.5 Å². The number of halogens is 1. The summed E-state index contributed by atoms with van der Waals surface area (Å²) in [6, 6.07) is 2.19. The zero-order valence-corrected chi connectivity index (χ0v) is 14.9. The van der Waals surface area contributed by atoms with Crippen LogP contribution in [0.15, 0.2) is 30.9 Å². The van der Waals surface area contributed by atoms with E-state index in [9.17, 15) is 0 Å². The van der Waals surface area contributed by atoms with Crippen LogP contribution in [-0.4, -0.2) is 56.8 Å². The summed E-state index contributed by atoms with van der Waals surface area (Å²) in [5.41, 5.74) is 2.54. The third-order valence-corrected chi connectivity index (χ3v) is 4.21. The number of nitrogens with one attached hydrogen (secondary N) is 1. The van der Waals surface area contributed by atoms with Gasteiger partial charge in [-0.2, -0.15) is 10.2 Å². The number of ether oxygens (including phenoxy) is 2. The summed E-state index contributed by atoms with van der Waals surface area (Å²) in [5, 5.41) is 11.8. The molecule has 1 saturated heterocycles.